The van der Waals surface area contributed by atoms with Gasteiger partial charge in [-0.3, -0.25) is 9.69 Å². The Labute approximate surface area is 119 Å². The van der Waals surface area contributed by atoms with E-state index in [0.717, 1.165) is 0 Å². The number of carbonyl (C=O) groups excluding carboxylic acids is 2. The van der Waals surface area contributed by atoms with Crippen LogP contribution in [0.3, 0.4) is 0 Å². The number of fused-ring (bicyclic) bond motifs is 1. The summed E-state index contributed by atoms with van der Waals surface area (Å²) in [4.78, 5) is 35.8. The summed E-state index contributed by atoms with van der Waals surface area (Å²) in [5, 5.41) is 11.2. The van der Waals surface area contributed by atoms with Crippen molar-refractivity contribution in [3.05, 3.63) is 23.9 Å². The normalized spacial score (nSPS) is 24.6. The number of carboxylic acid groups (broad SMARTS) is 1. The Morgan fingerprint density at radius 1 is 1.65 bits per heavy atom. The summed E-state index contributed by atoms with van der Waals surface area (Å²) in [5.41, 5.74) is 0.649. The molecule has 2 atom stereocenters. The smallest absolute Gasteiger partial charge is 0.408 e. The Balaban J connectivity index is 2.06. The van der Waals surface area contributed by atoms with Crippen LogP contribution in [-0.4, -0.2) is 51.8 Å². The lowest BCUT2D eigenvalue weighted by Crippen LogP contribution is -2.70. The molecule has 0 aromatic rings. The van der Waals surface area contributed by atoms with Gasteiger partial charge in [-0.15, -0.1) is 11.8 Å². The van der Waals surface area contributed by atoms with Crippen molar-refractivity contribution in [2.24, 2.45) is 0 Å². The highest BCUT2D eigenvalue weighted by molar-refractivity contribution is 8.00. The molecule has 108 valence electrons. The van der Waals surface area contributed by atoms with Gasteiger partial charge in [0.15, 0.2) is 0 Å². The number of carboxylic acids is 1. The van der Waals surface area contributed by atoms with Gasteiger partial charge < -0.3 is 15.2 Å². The molecule has 7 nitrogen and oxygen atoms in total. The summed E-state index contributed by atoms with van der Waals surface area (Å²) >= 11 is 1.41. The Morgan fingerprint density at radius 3 is 2.95 bits per heavy atom. The molecule has 0 radical (unpaired) electrons. The number of alkyl carbamates (subject to hydrolysis) is 1. The number of amides is 2. The largest absolute Gasteiger partial charge is 0.477 e. The fourth-order valence-electron chi connectivity index (χ4n) is 2.08. The number of β-lactam (4-membered cyclic amide) rings is 1. The summed E-state index contributed by atoms with van der Waals surface area (Å²) in [6.07, 6.45) is 0.699. The molecule has 20 heavy (non-hydrogen) atoms. The molecule has 2 amide bonds. The molecule has 2 aliphatic rings. The highest BCUT2D eigenvalue weighted by Gasteiger charge is 2.53. The molecule has 2 rings (SSSR count). The number of aliphatic carboxylic acids is 1. The molecular weight excluding hydrogens is 284 g/mol. The highest BCUT2D eigenvalue weighted by Crippen LogP contribution is 2.40. The lowest BCUT2D eigenvalue weighted by atomic mass is 10.0. The predicted octanol–water partition coefficient (Wildman–Crippen LogP) is 0.541. The van der Waals surface area contributed by atoms with Crippen LogP contribution in [0, 0.1) is 0 Å². The van der Waals surface area contributed by atoms with E-state index in [1.165, 1.54) is 22.7 Å². The van der Waals surface area contributed by atoms with Crippen LogP contribution < -0.4 is 5.32 Å². The molecule has 0 aromatic heterocycles. The summed E-state index contributed by atoms with van der Waals surface area (Å²) in [7, 11) is 0. The van der Waals surface area contributed by atoms with Crippen LogP contribution in [0.5, 0.6) is 0 Å². The fourth-order valence-corrected chi connectivity index (χ4v) is 3.37. The van der Waals surface area contributed by atoms with E-state index in [4.69, 9.17) is 9.84 Å². The molecule has 0 unspecified atom stereocenters. The monoisotopic (exact) mass is 298 g/mol. The van der Waals surface area contributed by atoms with Gasteiger partial charge in [-0.1, -0.05) is 12.7 Å². The van der Waals surface area contributed by atoms with E-state index < -0.39 is 29.4 Å². The lowest BCUT2D eigenvalue weighted by Gasteiger charge is -2.49. The summed E-state index contributed by atoms with van der Waals surface area (Å²) in [6.45, 7) is 5.14. The first kappa shape index (κ1) is 14.4. The van der Waals surface area contributed by atoms with E-state index in [0.29, 0.717) is 11.3 Å². The predicted molar refractivity (Wildman–Crippen MR) is 71.9 cm³/mol. The van der Waals surface area contributed by atoms with Gasteiger partial charge in [-0.05, 0) is 12.5 Å². The average Bonchev–Trinajstić information content (AvgIpc) is 2.41. The maximum Gasteiger partial charge on any atom is 0.408 e. The fraction of sp³-hybridized carbons (Fsp3) is 0.417. The van der Waals surface area contributed by atoms with Crippen molar-refractivity contribution in [3.8, 4) is 0 Å². The Kier molecular flexibility index (Phi) is 4.03. The standard InChI is InChI=1S/C12H14N2O5S/c1-3-4-19-12(18)13-7-9(15)14-8(11(16)17)6(2)5-20-10(7)14/h3,7,10H,1,4-5H2,2H3,(H,13,18)(H,16,17)/t7-,10-/m1/s1. The number of ether oxygens (including phenoxy) is 1. The third kappa shape index (κ3) is 2.38. The van der Waals surface area contributed by atoms with Gasteiger partial charge in [-0.25, -0.2) is 9.59 Å². The zero-order valence-corrected chi connectivity index (χ0v) is 11.6. The maximum atomic E-state index is 12.0. The zero-order chi connectivity index (χ0) is 14.9. The minimum Gasteiger partial charge on any atom is -0.477 e. The molecule has 1 saturated heterocycles. The summed E-state index contributed by atoms with van der Waals surface area (Å²) < 4.78 is 4.74. The van der Waals surface area contributed by atoms with E-state index in [9.17, 15) is 14.4 Å². The molecule has 2 aliphatic heterocycles. The van der Waals surface area contributed by atoms with Gasteiger partial charge in [0.1, 0.15) is 23.7 Å². The second-order valence-electron chi connectivity index (χ2n) is 4.35. The van der Waals surface area contributed by atoms with Crippen LogP contribution in [-0.2, 0) is 14.3 Å². The van der Waals surface area contributed by atoms with Crippen molar-refractivity contribution in [1.29, 1.82) is 0 Å². The van der Waals surface area contributed by atoms with E-state index in [1.807, 2.05) is 0 Å². The second-order valence-corrected chi connectivity index (χ2v) is 5.46. The quantitative estimate of drug-likeness (QED) is 0.581. The SMILES string of the molecule is C=CCOC(=O)N[C@@H]1C(=O)N2C(C(=O)O)=C(C)CS[C@H]12. The molecule has 0 aliphatic carbocycles. The molecular formula is C12H14N2O5S. The van der Waals surface area contributed by atoms with Crippen LogP contribution in [0.15, 0.2) is 23.9 Å². The van der Waals surface area contributed by atoms with Crippen molar-refractivity contribution in [2.75, 3.05) is 12.4 Å². The number of rotatable bonds is 4. The molecule has 0 aromatic carbocycles. The van der Waals surface area contributed by atoms with E-state index in [2.05, 4.69) is 11.9 Å². The van der Waals surface area contributed by atoms with Crippen LogP contribution >= 0.6 is 11.8 Å². The van der Waals surface area contributed by atoms with Crippen LogP contribution in [0.4, 0.5) is 4.79 Å². The first-order valence-electron chi connectivity index (χ1n) is 5.89. The van der Waals surface area contributed by atoms with E-state index >= 15 is 0 Å². The van der Waals surface area contributed by atoms with Gasteiger partial charge in [0.05, 0.1) is 0 Å². The minimum atomic E-state index is -1.13. The number of hydrogen-bond donors (Lipinski definition) is 2. The average molecular weight is 298 g/mol. The molecule has 0 bridgehead atoms. The highest BCUT2D eigenvalue weighted by atomic mass is 32.2. The van der Waals surface area contributed by atoms with Gasteiger partial charge in [0.2, 0.25) is 0 Å². The number of nitrogens with zero attached hydrogens (tertiary/aromatic N) is 1. The molecule has 2 N–H and O–H groups in total. The van der Waals surface area contributed by atoms with Gasteiger partial charge in [0, 0.05) is 5.75 Å². The Hall–Kier alpha value is -1.96. The third-order valence-corrected chi connectivity index (χ3v) is 4.39. The molecule has 8 heteroatoms. The second kappa shape index (κ2) is 5.58. The lowest BCUT2D eigenvalue weighted by molar-refractivity contribution is -0.149. The summed E-state index contributed by atoms with van der Waals surface area (Å²) in [6, 6.07) is -0.750. The van der Waals surface area contributed by atoms with Crippen LogP contribution in [0.25, 0.3) is 0 Å². The van der Waals surface area contributed by atoms with E-state index in [-0.39, 0.29) is 12.3 Å². The van der Waals surface area contributed by atoms with E-state index in [1.54, 1.807) is 6.92 Å². The van der Waals surface area contributed by atoms with Crippen LogP contribution in [0.2, 0.25) is 0 Å². The Bertz CT molecular complexity index is 516. The number of thioether (sulfide) groups is 1. The first-order valence-corrected chi connectivity index (χ1v) is 6.94. The molecule has 2 heterocycles. The van der Waals surface area contributed by atoms with Crippen LogP contribution in [0.1, 0.15) is 6.92 Å². The molecule has 0 spiro atoms. The van der Waals surface area contributed by atoms with Crippen molar-refractivity contribution in [3.63, 3.8) is 0 Å². The number of hydrogen-bond acceptors (Lipinski definition) is 5. The molecule has 0 saturated carbocycles. The number of nitrogens with one attached hydrogen (secondary N) is 1. The van der Waals surface area contributed by atoms with Gasteiger partial charge in [-0.2, -0.15) is 0 Å². The number of carbonyl (C=O) groups is 3. The van der Waals surface area contributed by atoms with Gasteiger partial charge in [0.25, 0.3) is 5.91 Å². The minimum absolute atomic E-state index is 0.0104. The zero-order valence-electron chi connectivity index (χ0n) is 10.8. The molecule has 1 fully saturated rings. The topological polar surface area (TPSA) is 95.9 Å². The van der Waals surface area contributed by atoms with Crippen molar-refractivity contribution >= 4 is 29.7 Å². The first-order chi connectivity index (χ1) is 9.47. The van der Waals surface area contributed by atoms with Crippen molar-refractivity contribution < 1.29 is 24.2 Å². The third-order valence-electron chi connectivity index (χ3n) is 2.97. The van der Waals surface area contributed by atoms with Crippen molar-refractivity contribution in [1.82, 2.24) is 10.2 Å². The van der Waals surface area contributed by atoms with Gasteiger partial charge >= 0.3 is 12.1 Å². The summed E-state index contributed by atoms with van der Waals surface area (Å²) in [5.74, 6) is -1.06. The Morgan fingerprint density at radius 2 is 2.35 bits per heavy atom. The maximum absolute atomic E-state index is 12.0. The van der Waals surface area contributed by atoms with Crippen molar-refractivity contribution in [2.45, 2.75) is 18.3 Å².